The van der Waals surface area contributed by atoms with Crippen molar-refractivity contribution in [3.63, 3.8) is 0 Å². The Balaban J connectivity index is 0.000000483. The van der Waals surface area contributed by atoms with Crippen LogP contribution in [0.3, 0.4) is 0 Å². The van der Waals surface area contributed by atoms with Crippen LogP contribution in [0.5, 0.6) is 0 Å². The van der Waals surface area contributed by atoms with Crippen LogP contribution in [-0.2, 0) is 14.3 Å². The standard InChI is InChI=1S/C25H29FN2O5S.C6H5Cl/c1-16-6-8-17(9-7-16)22-15-33-23(12-24(30)31)25(32)28(22)18(14-29)13-27(34-19-10-11-19)21-5-3-2-4-20(21)26;7-6-4-2-1-3-5-6/h2-9,18-19,22-23,29H,10-15H2,1H3,(H,30,31);1-5H. The van der Waals surface area contributed by atoms with Gasteiger partial charge in [-0.15, -0.1) is 0 Å². The van der Waals surface area contributed by atoms with Gasteiger partial charge in [-0.2, -0.15) is 0 Å². The van der Waals surface area contributed by atoms with Crippen molar-refractivity contribution in [3.05, 3.63) is 101 Å². The lowest BCUT2D eigenvalue weighted by Gasteiger charge is -2.44. The van der Waals surface area contributed by atoms with Gasteiger partial charge in [0.15, 0.2) is 0 Å². The van der Waals surface area contributed by atoms with Crippen molar-refractivity contribution in [2.45, 2.75) is 49.6 Å². The highest BCUT2D eigenvalue weighted by atomic mass is 35.5. The molecule has 7 nitrogen and oxygen atoms in total. The molecule has 1 aliphatic carbocycles. The van der Waals surface area contributed by atoms with Crippen molar-refractivity contribution in [1.29, 1.82) is 0 Å². The van der Waals surface area contributed by atoms with Crippen molar-refractivity contribution >= 4 is 41.1 Å². The summed E-state index contributed by atoms with van der Waals surface area (Å²) in [4.78, 5) is 26.3. The van der Waals surface area contributed by atoms with Gasteiger partial charge in [0.25, 0.3) is 5.91 Å². The molecule has 1 heterocycles. The summed E-state index contributed by atoms with van der Waals surface area (Å²) in [5, 5.41) is 20.8. The smallest absolute Gasteiger partial charge is 0.306 e. The Kier molecular flexibility index (Phi) is 11.0. The van der Waals surface area contributed by atoms with Crippen molar-refractivity contribution in [2.24, 2.45) is 0 Å². The van der Waals surface area contributed by atoms with Crippen LogP contribution in [-0.4, -0.2) is 64.1 Å². The Labute approximate surface area is 249 Å². The summed E-state index contributed by atoms with van der Waals surface area (Å²) in [6.07, 6.45) is 0.471. The first-order valence-electron chi connectivity index (χ1n) is 13.5. The van der Waals surface area contributed by atoms with Gasteiger partial charge in [0.2, 0.25) is 0 Å². The van der Waals surface area contributed by atoms with E-state index in [-0.39, 0.29) is 25.6 Å². The summed E-state index contributed by atoms with van der Waals surface area (Å²) in [6, 6.07) is 22.4. The van der Waals surface area contributed by atoms with Gasteiger partial charge in [-0.3, -0.25) is 9.59 Å². The molecule has 0 aromatic heterocycles. The van der Waals surface area contributed by atoms with Crippen LogP contribution in [0.4, 0.5) is 10.1 Å². The Bertz CT molecular complexity index is 1300. The Morgan fingerprint density at radius 3 is 2.32 bits per heavy atom. The number of amides is 1. The molecule has 3 aromatic rings. The van der Waals surface area contributed by atoms with E-state index in [0.29, 0.717) is 10.9 Å². The number of nitrogens with zero attached hydrogens (tertiary/aromatic N) is 2. The molecule has 0 radical (unpaired) electrons. The molecule has 3 aromatic carbocycles. The lowest BCUT2D eigenvalue weighted by Crippen LogP contribution is -2.57. The van der Waals surface area contributed by atoms with E-state index in [9.17, 15) is 24.2 Å². The summed E-state index contributed by atoms with van der Waals surface area (Å²) in [5.74, 6) is -1.99. The third kappa shape index (κ3) is 8.69. The van der Waals surface area contributed by atoms with Crippen LogP contribution in [0.25, 0.3) is 0 Å². The number of carbonyl (C=O) groups excluding carboxylic acids is 1. The fourth-order valence-electron chi connectivity index (χ4n) is 4.51. The first kappa shape index (κ1) is 30.8. The fourth-order valence-corrected chi connectivity index (χ4v) is 5.88. The molecule has 10 heteroatoms. The number of aliphatic hydroxyl groups is 1. The highest BCUT2D eigenvalue weighted by Crippen LogP contribution is 2.40. The van der Waals surface area contributed by atoms with E-state index < -0.39 is 36.5 Å². The zero-order chi connectivity index (χ0) is 29.4. The average molecular weight is 601 g/mol. The molecule has 2 fully saturated rings. The predicted molar refractivity (Wildman–Crippen MR) is 159 cm³/mol. The molecular formula is C31H34ClFN2O5S. The van der Waals surface area contributed by atoms with Crippen LogP contribution in [0, 0.1) is 12.7 Å². The van der Waals surface area contributed by atoms with Crippen LogP contribution in [0.1, 0.15) is 36.4 Å². The quantitative estimate of drug-likeness (QED) is 0.280. The van der Waals surface area contributed by atoms with Gasteiger partial charge in [-0.05, 0) is 61.5 Å². The molecule has 1 aliphatic heterocycles. The predicted octanol–water partition coefficient (Wildman–Crippen LogP) is 5.90. The summed E-state index contributed by atoms with van der Waals surface area (Å²) >= 11 is 7.06. The molecule has 2 aliphatic rings. The molecule has 1 amide bonds. The number of morpholine rings is 1. The van der Waals surface area contributed by atoms with E-state index in [2.05, 4.69) is 0 Å². The number of carboxylic acids is 1. The van der Waals surface area contributed by atoms with E-state index in [1.807, 2.05) is 65.8 Å². The van der Waals surface area contributed by atoms with Gasteiger partial charge < -0.3 is 24.2 Å². The second-order valence-corrected chi connectivity index (χ2v) is 11.8. The molecule has 1 saturated heterocycles. The van der Waals surface area contributed by atoms with Crippen LogP contribution in [0.15, 0.2) is 78.9 Å². The van der Waals surface area contributed by atoms with E-state index in [4.69, 9.17) is 16.3 Å². The zero-order valence-electron chi connectivity index (χ0n) is 22.7. The molecule has 1 saturated carbocycles. The Hall–Kier alpha value is -3.11. The highest BCUT2D eigenvalue weighted by Gasteiger charge is 2.42. The average Bonchev–Trinajstić information content (AvgIpc) is 3.78. The highest BCUT2D eigenvalue weighted by molar-refractivity contribution is 8.01. The number of aliphatic hydroxyl groups excluding tert-OH is 1. The molecule has 0 bridgehead atoms. The molecule has 41 heavy (non-hydrogen) atoms. The third-order valence-corrected chi connectivity index (χ3v) is 8.40. The number of anilines is 1. The number of carboxylic acid groups (broad SMARTS) is 1. The van der Waals surface area contributed by atoms with Gasteiger partial charge in [0.05, 0.1) is 44.0 Å². The SMILES string of the molecule is Cc1ccc(C2COC(CC(=O)O)C(=O)N2C(CO)CN(SC2CC2)c2ccccc2F)cc1.Clc1ccccc1. The van der Waals surface area contributed by atoms with E-state index in [0.717, 1.165) is 29.0 Å². The maximum atomic E-state index is 14.7. The first-order valence-corrected chi connectivity index (χ1v) is 14.7. The number of ether oxygens (including phenoxy) is 1. The second kappa shape index (κ2) is 14.7. The fraction of sp³-hybridized carbons (Fsp3) is 0.355. The van der Waals surface area contributed by atoms with Gasteiger partial charge in [-0.25, -0.2) is 4.39 Å². The number of benzene rings is 3. The summed E-state index contributed by atoms with van der Waals surface area (Å²) in [5.41, 5.74) is 2.29. The maximum Gasteiger partial charge on any atom is 0.306 e. The van der Waals surface area contributed by atoms with Crippen LogP contribution in [0.2, 0.25) is 5.02 Å². The Morgan fingerprint density at radius 1 is 1.10 bits per heavy atom. The third-order valence-electron chi connectivity index (χ3n) is 6.78. The van der Waals surface area contributed by atoms with Gasteiger partial charge in [0, 0.05) is 10.3 Å². The molecule has 2 N–H and O–H groups in total. The van der Waals surface area contributed by atoms with Gasteiger partial charge in [-0.1, -0.05) is 71.8 Å². The molecule has 218 valence electrons. The lowest BCUT2D eigenvalue weighted by molar-refractivity contribution is -0.169. The van der Waals surface area contributed by atoms with Crippen LogP contribution < -0.4 is 4.31 Å². The first-order chi connectivity index (χ1) is 19.8. The molecule has 0 spiro atoms. The van der Waals surface area contributed by atoms with E-state index in [1.54, 1.807) is 23.1 Å². The summed E-state index contributed by atoms with van der Waals surface area (Å²) in [7, 11) is 0. The largest absolute Gasteiger partial charge is 0.481 e. The number of rotatable bonds is 10. The molecular weight excluding hydrogens is 567 g/mol. The maximum absolute atomic E-state index is 14.7. The number of hydrogen-bond acceptors (Lipinski definition) is 6. The molecule has 5 rings (SSSR count). The number of para-hydroxylation sites is 1. The monoisotopic (exact) mass is 600 g/mol. The zero-order valence-corrected chi connectivity index (χ0v) is 24.3. The topological polar surface area (TPSA) is 90.3 Å². The van der Waals surface area contributed by atoms with Crippen molar-refractivity contribution < 1.29 is 28.9 Å². The van der Waals surface area contributed by atoms with Gasteiger partial charge >= 0.3 is 5.97 Å². The van der Waals surface area contributed by atoms with E-state index >= 15 is 0 Å². The number of aliphatic carboxylic acids is 1. The van der Waals surface area contributed by atoms with Crippen LogP contribution >= 0.6 is 23.5 Å². The number of aryl methyl sites for hydroxylation is 1. The van der Waals surface area contributed by atoms with Crippen molar-refractivity contribution in [2.75, 3.05) is 24.1 Å². The number of hydrogen-bond donors (Lipinski definition) is 2. The molecule has 3 atom stereocenters. The van der Waals surface area contributed by atoms with E-state index in [1.165, 1.54) is 18.0 Å². The minimum absolute atomic E-state index is 0.110. The normalized spacial score (nSPS) is 19.2. The molecule has 3 unspecified atom stereocenters. The Morgan fingerprint density at radius 2 is 1.76 bits per heavy atom. The summed E-state index contributed by atoms with van der Waals surface area (Å²) in [6.45, 7) is 1.90. The van der Waals surface area contributed by atoms with Crippen molar-refractivity contribution in [1.82, 2.24) is 4.90 Å². The second-order valence-electron chi connectivity index (χ2n) is 10.0. The lowest BCUT2D eigenvalue weighted by atomic mass is 9.99. The minimum Gasteiger partial charge on any atom is -0.481 e. The minimum atomic E-state index is -1.13. The summed E-state index contributed by atoms with van der Waals surface area (Å²) < 4.78 is 22.2. The number of halogens is 2. The number of carbonyl (C=O) groups is 2. The van der Waals surface area contributed by atoms with Gasteiger partial charge in [0.1, 0.15) is 11.9 Å². The van der Waals surface area contributed by atoms with Crippen molar-refractivity contribution in [3.8, 4) is 0 Å².